The van der Waals surface area contributed by atoms with Crippen LogP contribution < -0.4 is 5.32 Å². The minimum absolute atomic E-state index is 0.278. The summed E-state index contributed by atoms with van der Waals surface area (Å²) in [7, 11) is 1.19. The van der Waals surface area contributed by atoms with Crippen molar-refractivity contribution in [2.75, 3.05) is 20.1 Å². The lowest BCUT2D eigenvalue weighted by Gasteiger charge is -2.39. The quantitative estimate of drug-likeness (QED) is 0.881. The van der Waals surface area contributed by atoms with Crippen molar-refractivity contribution in [3.63, 3.8) is 0 Å². The number of carbonyl (C=O) groups is 1. The van der Waals surface area contributed by atoms with Gasteiger partial charge in [-0.1, -0.05) is 29.3 Å². The topological polar surface area (TPSA) is 32.3 Å². The summed E-state index contributed by atoms with van der Waals surface area (Å²) >= 11 is 11.9. The standard InChI is InChI=1S/C14H15Cl2F3N2O/c1-21(13(22)14(17,18)19)12-4-5-20-7-9(12)8-2-3-10(15)11(16)6-8/h2-3,6,9,12,20H,4-5,7H2,1H3. The summed E-state index contributed by atoms with van der Waals surface area (Å²) < 4.78 is 38.0. The molecule has 0 aliphatic carbocycles. The molecule has 0 bridgehead atoms. The summed E-state index contributed by atoms with van der Waals surface area (Å²) in [5.41, 5.74) is 0.758. The van der Waals surface area contributed by atoms with Crippen LogP contribution in [0.4, 0.5) is 13.2 Å². The third kappa shape index (κ3) is 3.67. The average molecular weight is 355 g/mol. The molecule has 2 atom stereocenters. The number of hydrogen-bond acceptors (Lipinski definition) is 2. The summed E-state index contributed by atoms with van der Waals surface area (Å²) in [5, 5.41) is 3.86. The van der Waals surface area contributed by atoms with Gasteiger partial charge in [0.2, 0.25) is 0 Å². The maximum Gasteiger partial charge on any atom is 0.471 e. The van der Waals surface area contributed by atoms with E-state index in [4.69, 9.17) is 23.2 Å². The van der Waals surface area contributed by atoms with Crippen molar-refractivity contribution in [3.8, 4) is 0 Å². The predicted molar refractivity (Wildman–Crippen MR) is 79.3 cm³/mol. The Morgan fingerprint density at radius 2 is 2.00 bits per heavy atom. The number of rotatable bonds is 2. The van der Waals surface area contributed by atoms with E-state index in [1.54, 1.807) is 18.2 Å². The largest absolute Gasteiger partial charge is 0.471 e. The van der Waals surface area contributed by atoms with Crippen LogP contribution in [0.25, 0.3) is 0 Å². The fourth-order valence-electron chi connectivity index (χ4n) is 2.74. The van der Waals surface area contributed by atoms with E-state index < -0.39 is 18.1 Å². The third-order valence-corrected chi connectivity index (χ3v) is 4.62. The molecule has 1 heterocycles. The molecule has 3 nitrogen and oxygen atoms in total. The maximum absolute atomic E-state index is 12.7. The molecule has 1 aliphatic heterocycles. The molecule has 2 rings (SSSR count). The smallest absolute Gasteiger partial charge is 0.334 e. The van der Waals surface area contributed by atoms with Crippen molar-refractivity contribution in [1.29, 1.82) is 0 Å². The molecule has 0 saturated carbocycles. The van der Waals surface area contributed by atoms with E-state index in [0.29, 0.717) is 29.6 Å². The van der Waals surface area contributed by atoms with Crippen LogP contribution in [0.3, 0.4) is 0 Å². The highest BCUT2D eigenvalue weighted by Crippen LogP contribution is 2.33. The van der Waals surface area contributed by atoms with Gasteiger partial charge in [0, 0.05) is 25.6 Å². The molecule has 1 N–H and O–H groups in total. The van der Waals surface area contributed by atoms with E-state index in [9.17, 15) is 18.0 Å². The Bertz CT molecular complexity index is 566. The van der Waals surface area contributed by atoms with Crippen molar-refractivity contribution < 1.29 is 18.0 Å². The summed E-state index contributed by atoms with van der Waals surface area (Å²) in [6.45, 7) is 1.02. The first-order chi connectivity index (χ1) is 10.2. The number of piperidine rings is 1. The highest BCUT2D eigenvalue weighted by atomic mass is 35.5. The second-order valence-electron chi connectivity index (χ2n) is 5.25. The molecule has 0 radical (unpaired) electrons. The first-order valence-electron chi connectivity index (χ1n) is 6.71. The lowest BCUT2D eigenvalue weighted by Crippen LogP contribution is -2.52. The first kappa shape index (κ1) is 17.4. The fourth-order valence-corrected chi connectivity index (χ4v) is 3.05. The van der Waals surface area contributed by atoms with E-state index in [2.05, 4.69) is 5.32 Å². The molecule has 1 aliphatic rings. The second kappa shape index (κ2) is 6.64. The first-order valence-corrected chi connectivity index (χ1v) is 7.47. The number of benzene rings is 1. The Labute approximate surface area is 136 Å². The summed E-state index contributed by atoms with van der Waals surface area (Å²) in [4.78, 5) is 12.3. The van der Waals surface area contributed by atoms with Crippen molar-refractivity contribution in [1.82, 2.24) is 10.2 Å². The van der Waals surface area contributed by atoms with E-state index >= 15 is 0 Å². The second-order valence-corrected chi connectivity index (χ2v) is 6.07. The normalized spacial score (nSPS) is 22.5. The number of halogens is 5. The van der Waals surface area contributed by atoms with Crippen molar-refractivity contribution >= 4 is 29.1 Å². The summed E-state index contributed by atoms with van der Waals surface area (Å²) in [6, 6.07) is 4.43. The van der Waals surface area contributed by atoms with Gasteiger partial charge < -0.3 is 10.2 Å². The molecule has 1 fully saturated rings. The van der Waals surface area contributed by atoms with E-state index in [-0.39, 0.29) is 5.92 Å². The molecule has 22 heavy (non-hydrogen) atoms. The molecule has 8 heteroatoms. The molecular weight excluding hydrogens is 340 g/mol. The van der Waals surface area contributed by atoms with Crippen LogP contribution in [0.2, 0.25) is 10.0 Å². The van der Waals surface area contributed by atoms with E-state index in [1.165, 1.54) is 7.05 Å². The SMILES string of the molecule is CN(C(=O)C(F)(F)F)C1CCNCC1c1ccc(Cl)c(Cl)c1. The van der Waals surface area contributed by atoms with Crippen LogP contribution in [-0.4, -0.2) is 43.2 Å². The number of carbonyl (C=O) groups excluding carboxylic acids is 1. The fraction of sp³-hybridized carbons (Fsp3) is 0.500. The lowest BCUT2D eigenvalue weighted by molar-refractivity contribution is -0.187. The molecule has 2 unspecified atom stereocenters. The molecular formula is C14H15Cl2F3N2O. The van der Waals surface area contributed by atoms with Gasteiger partial charge in [-0.15, -0.1) is 0 Å². The Hall–Kier alpha value is -0.980. The van der Waals surface area contributed by atoms with Crippen molar-refractivity contribution in [3.05, 3.63) is 33.8 Å². The van der Waals surface area contributed by atoms with Crippen molar-refractivity contribution in [2.24, 2.45) is 0 Å². The van der Waals surface area contributed by atoms with E-state index in [1.807, 2.05) is 0 Å². The van der Waals surface area contributed by atoms with Crippen LogP contribution in [0.5, 0.6) is 0 Å². The summed E-state index contributed by atoms with van der Waals surface area (Å²) in [5.74, 6) is -2.11. The van der Waals surface area contributed by atoms with Gasteiger partial charge in [0.25, 0.3) is 0 Å². The molecule has 1 aromatic rings. The predicted octanol–water partition coefficient (Wildman–Crippen LogP) is 3.46. The minimum atomic E-state index is -4.87. The van der Waals surface area contributed by atoms with Gasteiger partial charge in [0.05, 0.1) is 10.0 Å². The van der Waals surface area contributed by atoms with Gasteiger partial charge >= 0.3 is 12.1 Å². The maximum atomic E-state index is 12.7. The highest BCUT2D eigenvalue weighted by molar-refractivity contribution is 6.42. The Kier molecular flexibility index (Phi) is 5.25. The Balaban J connectivity index is 2.28. The van der Waals surface area contributed by atoms with Crippen LogP contribution in [-0.2, 0) is 4.79 Å². The highest BCUT2D eigenvalue weighted by Gasteiger charge is 2.45. The van der Waals surface area contributed by atoms with Crippen molar-refractivity contribution in [2.45, 2.75) is 24.6 Å². The third-order valence-electron chi connectivity index (χ3n) is 3.88. The number of amides is 1. The monoisotopic (exact) mass is 354 g/mol. The van der Waals surface area contributed by atoms with Crippen LogP contribution in [0.1, 0.15) is 17.9 Å². The average Bonchev–Trinajstić information content (AvgIpc) is 2.47. The van der Waals surface area contributed by atoms with Gasteiger partial charge in [-0.25, -0.2) is 0 Å². The van der Waals surface area contributed by atoms with Gasteiger partial charge in [0.1, 0.15) is 0 Å². The Morgan fingerprint density at radius 1 is 1.32 bits per heavy atom. The molecule has 1 amide bonds. The Morgan fingerprint density at radius 3 is 2.59 bits per heavy atom. The number of hydrogen-bond donors (Lipinski definition) is 1. The minimum Gasteiger partial charge on any atom is -0.334 e. The zero-order chi connectivity index (χ0) is 16.5. The zero-order valence-electron chi connectivity index (χ0n) is 11.8. The molecule has 1 saturated heterocycles. The van der Waals surface area contributed by atoms with Crippen LogP contribution in [0.15, 0.2) is 18.2 Å². The van der Waals surface area contributed by atoms with Crippen LogP contribution in [0, 0.1) is 0 Å². The zero-order valence-corrected chi connectivity index (χ0v) is 13.3. The number of likely N-dealkylation sites (N-methyl/N-ethyl adjacent to an activating group) is 1. The number of alkyl halides is 3. The van der Waals surface area contributed by atoms with Gasteiger partial charge in [0.15, 0.2) is 0 Å². The molecule has 122 valence electrons. The number of nitrogens with zero attached hydrogens (tertiary/aromatic N) is 1. The molecule has 0 aromatic heterocycles. The lowest BCUT2D eigenvalue weighted by atomic mass is 9.86. The number of nitrogens with one attached hydrogen (secondary N) is 1. The summed E-state index contributed by atoms with van der Waals surface area (Å²) in [6.07, 6.45) is -4.44. The molecule has 1 aromatic carbocycles. The van der Waals surface area contributed by atoms with Gasteiger partial charge in [-0.3, -0.25) is 4.79 Å². The van der Waals surface area contributed by atoms with Gasteiger partial charge in [-0.05, 0) is 30.7 Å². The van der Waals surface area contributed by atoms with Crippen LogP contribution >= 0.6 is 23.2 Å². The van der Waals surface area contributed by atoms with Gasteiger partial charge in [-0.2, -0.15) is 13.2 Å². The molecule has 0 spiro atoms. The van der Waals surface area contributed by atoms with E-state index in [0.717, 1.165) is 10.5 Å².